The van der Waals surface area contributed by atoms with Crippen molar-refractivity contribution in [2.24, 2.45) is 0 Å². The molecule has 5 heteroatoms. The Morgan fingerprint density at radius 3 is 2.47 bits per heavy atom. The van der Waals surface area contributed by atoms with Gasteiger partial charge in [-0.3, -0.25) is 0 Å². The van der Waals surface area contributed by atoms with Crippen molar-refractivity contribution in [1.29, 1.82) is 0 Å². The third-order valence-corrected chi connectivity index (χ3v) is 5.86. The lowest BCUT2D eigenvalue weighted by molar-refractivity contribution is 0.568. The van der Waals surface area contributed by atoms with Crippen molar-refractivity contribution in [3.8, 4) is 0 Å². The maximum Gasteiger partial charge on any atom is 0.250 e. The quantitative estimate of drug-likeness (QED) is 0.889. The minimum absolute atomic E-state index is 0.205. The van der Waals surface area contributed by atoms with Crippen LogP contribution < -0.4 is 4.72 Å². The van der Waals surface area contributed by atoms with Crippen molar-refractivity contribution in [3.05, 3.63) is 53.4 Å². The van der Waals surface area contributed by atoms with E-state index >= 15 is 0 Å². The molecule has 0 radical (unpaired) electrons. The van der Waals surface area contributed by atoms with Crippen molar-refractivity contribution >= 4 is 21.4 Å². The molecule has 102 valence electrons. The highest BCUT2D eigenvalue weighted by Gasteiger charge is 2.17. The number of hydrogen-bond donors (Lipinski definition) is 1. The third-order valence-electron chi connectivity index (χ3n) is 3.04. The van der Waals surface area contributed by atoms with Gasteiger partial charge in [0, 0.05) is 6.54 Å². The van der Waals surface area contributed by atoms with Gasteiger partial charge in [0.1, 0.15) is 4.21 Å². The van der Waals surface area contributed by atoms with E-state index in [4.69, 9.17) is 0 Å². The van der Waals surface area contributed by atoms with E-state index in [1.165, 1.54) is 16.9 Å². The minimum Gasteiger partial charge on any atom is -0.210 e. The molecule has 3 nitrogen and oxygen atoms in total. The highest BCUT2D eigenvalue weighted by Crippen LogP contribution is 2.20. The number of rotatable bonds is 6. The molecule has 1 aromatic heterocycles. The molecule has 1 aromatic carbocycles. The summed E-state index contributed by atoms with van der Waals surface area (Å²) >= 11 is 1.23. The maximum atomic E-state index is 12.0. The van der Waals surface area contributed by atoms with Crippen LogP contribution in [0.15, 0.2) is 52.1 Å². The zero-order valence-corrected chi connectivity index (χ0v) is 12.4. The Morgan fingerprint density at radius 1 is 1.16 bits per heavy atom. The molecular formula is C14H17NO2S2. The largest absolute Gasteiger partial charge is 0.250 e. The molecule has 0 spiro atoms. The van der Waals surface area contributed by atoms with Gasteiger partial charge < -0.3 is 0 Å². The number of benzene rings is 1. The van der Waals surface area contributed by atoms with Crippen LogP contribution in [0.3, 0.4) is 0 Å². The van der Waals surface area contributed by atoms with Gasteiger partial charge in [-0.05, 0) is 29.3 Å². The molecule has 1 heterocycles. The molecule has 0 aliphatic rings. The average Bonchev–Trinajstić information content (AvgIpc) is 2.95. The van der Waals surface area contributed by atoms with Gasteiger partial charge in [0.2, 0.25) is 10.0 Å². The summed E-state index contributed by atoms with van der Waals surface area (Å²) in [6, 6.07) is 13.4. The Morgan fingerprint density at radius 2 is 1.89 bits per heavy atom. The molecule has 1 unspecified atom stereocenters. The third kappa shape index (κ3) is 3.65. The first-order valence-electron chi connectivity index (χ1n) is 6.21. The number of sulfonamides is 1. The maximum absolute atomic E-state index is 12.0. The van der Waals surface area contributed by atoms with E-state index < -0.39 is 10.0 Å². The highest BCUT2D eigenvalue weighted by atomic mass is 32.2. The van der Waals surface area contributed by atoms with Crippen LogP contribution >= 0.6 is 11.3 Å². The van der Waals surface area contributed by atoms with Gasteiger partial charge in [0.15, 0.2) is 0 Å². The fourth-order valence-electron chi connectivity index (χ4n) is 1.92. The van der Waals surface area contributed by atoms with Gasteiger partial charge in [-0.1, -0.05) is 43.3 Å². The molecule has 0 bridgehead atoms. The summed E-state index contributed by atoms with van der Waals surface area (Å²) in [5.41, 5.74) is 1.17. The summed E-state index contributed by atoms with van der Waals surface area (Å²) in [5, 5.41) is 1.77. The summed E-state index contributed by atoms with van der Waals surface area (Å²) in [5.74, 6) is 0.205. The number of hydrogen-bond acceptors (Lipinski definition) is 3. The number of thiophene rings is 1. The summed E-state index contributed by atoms with van der Waals surface area (Å²) in [6.07, 6.45) is 0.900. The van der Waals surface area contributed by atoms with E-state index in [9.17, 15) is 8.42 Å². The van der Waals surface area contributed by atoms with Crippen molar-refractivity contribution < 1.29 is 8.42 Å². The van der Waals surface area contributed by atoms with Crippen LogP contribution in [-0.4, -0.2) is 15.0 Å². The lowest BCUT2D eigenvalue weighted by atomic mass is 9.97. The van der Waals surface area contributed by atoms with Crippen molar-refractivity contribution in [1.82, 2.24) is 4.72 Å². The smallest absolute Gasteiger partial charge is 0.210 e. The second-order valence-corrected chi connectivity index (χ2v) is 7.24. The van der Waals surface area contributed by atoms with Gasteiger partial charge in [-0.15, -0.1) is 11.3 Å². The van der Waals surface area contributed by atoms with Gasteiger partial charge >= 0.3 is 0 Å². The standard InChI is InChI=1S/C14H17NO2S2/c1-2-12(13-7-4-3-5-8-13)11-15-19(16,17)14-9-6-10-18-14/h3-10,12,15H,2,11H2,1H3. The lowest BCUT2D eigenvalue weighted by Gasteiger charge is -2.15. The summed E-state index contributed by atoms with van der Waals surface area (Å²) < 4.78 is 27.2. The molecule has 0 saturated heterocycles. The Bertz CT molecular complexity index is 592. The van der Waals surface area contributed by atoms with Crippen LogP contribution in [0.25, 0.3) is 0 Å². The fraction of sp³-hybridized carbons (Fsp3) is 0.286. The van der Waals surface area contributed by atoms with Gasteiger partial charge in [-0.25, -0.2) is 13.1 Å². The van der Waals surface area contributed by atoms with E-state index in [1.54, 1.807) is 17.5 Å². The van der Waals surface area contributed by atoms with Gasteiger partial charge in [0.05, 0.1) is 0 Å². The van der Waals surface area contributed by atoms with Crippen LogP contribution in [0.4, 0.5) is 0 Å². The molecule has 0 fully saturated rings. The SMILES string of the molecule is CCC(CNS(=O)(=O)c1cccs1)c1ccccc1. The Labute approximate surface area is 118 Å². The van der Waals surface area contributed by atoms with E-state index in [1.807, 2.05) is 30.3 Å². The Kier molecular flexibility index (Phi) is 4.74. The summed E-state index contributed by atoms with van der Waals surface area (Å²) in [7, 11) is -3.36. The molecule has 0 amide bonds. The van der Waals surface area contributed by atoms with Crippen LogP contribution in [-0.2, 0) is 10.0 Å². The predicted octanol–water partition coefficient (Wildman–Crippen LogP) is 3.22. The van der Waals surface area contributed by atoms with Gasteiger partial charge in [0.25, 0.3) is 0 Å². The number of nitrogens with one attached hydrogen (secondary N) is 1. The van der Waals surface area contributed by atoms with Crippen LogP contribution in [0.1, 0.15) is 24.8 Å². The van der Waals surface area contributed by atoms with Crippen molar-refractivity contribution in [2.45, 2.75) is 23.5 Å². The first-order chi connectivity index (χ1) is 9.13. The highest BCUT2D eigenvalue weighted by molar-refractivity contribution is 7.91. The Balaban J connectivity index is 2.05. The molecule has 2 rings (SSSR count). The van der Waals surface area contributed by atoms with Crippen LogP contribution in [0.2, 0.25) is 0 Å². The zero-order chi connectivity index (χ0) is 13.7. The summed E-state index contributed by atoms with van der Waals surface area (Å²) in [6.45, 7) is 2.50. The van der Waals surface area contributed by atoms with E-state index in [0.29, 0.717) is 10.8 Å². The topological polar surface area (TPSA) is 46.2 Å². The molecule has 2 aromatic rings. The average molecular weight is 295 g/mol. The second kappa shape index (κ2) is 6.32. The van der Waals surface area contributed by atoms with Crippen molar-refractivity contribution in [3.63, 3.8) is 0 Å². The van der Waals surface area contributed by atoms with E-state index in [-0.39, 0.29) is 5.92 Å². The van der Waals surface area contributed by atoms with Crippen LogP contribution in [0.5, 0.6) is 0 Å². The molecule has 19 heavy (non-hydrogen) atoms. The van der Waals surface area contributed by atoms with E-state index in [0.717, 1.165) is 6.42 Å². The molecular weight excluding hydrogens is 278 g/mol. The first-order valence-corrected chi connectivity index (χ1v) is 8.58. The van der Waals surface area contributed by atoms with E-state index in [2.05, 4.69) is 11.6 Å². The Hall–Kier alpha value is -1.17. The summed E-state index contributed by atoms with van der Waals surface area (Å²) in [4.78, 5) is 0. The normalized spacial score (nSPS) is 13.3. The monoisotopic (exact) mass is 295 g/mol. The molecule has 0 aliphatic carbocycles. The fourth-order valence-corrected chi connectivity index (χ4v) is 4.04. The minimum atomic E-state index is -3.36. The lowest BCUT2D eigenvalue weighted by Crippen LogP contribution is -2.27. The second-order valence-electron chi connectivity index (χ2n) is 4.30. The molecule has 1 atom stereocenters. The van der Waals surface area contributed by atoms with Gasteiger partial charge in [-0.2, -0.15) is 0 Å². The van der Waals surface area contributed by atoms with Crippen LogP contribution in [0, 0.1) is 0 Å². The zero-order valence-electron chi connectivity index (χ0n) is 10.7. The first kappa shape index (κ1) is 14.2. The molecule has 0 aliphatic heterocycles. The molecule has 0 saturated carbocycles. The predicted molar refractivity (Wildman–Crippen MR) is 79.0 cm³/mol. The molecule has 1 N–H and O–H groups in total. The van der Waals surface area contributed by atoms with Crippen molar-refractivity contribution in [2.75, 3.05) is 6.54 Å².